The molecule has 0 spiro atoms. The minimum atomic E-state index is 0.452. The Morgan fingerprint density at radius 2 is 1.95 bits per heavy atom. The lowest BCUT2D eigenvalue weighted by molar-refractivity contribution is 0.565. The standard InChI is InChI=1S/C13H24N6S/c1-10(2)6-9-20-13-16-11(18-14)15-12(17-13)19-7-4-3-5-8-19/h10H,3-9,14H2,1-2H3,(H,15,16,17,18). The minimum Gasteiger partial charge on any atom is -0.341 e. The SMILES string of the molecule is CC(C)CCSc1nc(NN)nc(N2CCCCC2)n1. The van der Waals surface area contributed by atoms with Crippen LogP contribution in [0.2, 0.25) is 0 Å². The second-order valence-electron chi connectivity index (χ2n) is 5.46. The van der Waals surface area contributed by atoms with Crippen molar-refractivity contribution in [3.63, 3.8) is 0 Å². The van der Waals surface area contributed by atoms with Crippen molar-refractivity contribution < 1.29 is 0 Å². The molecule has 1 fully saturated rings. The number of thioether (sulfide) groups is 1. The van der Waals surface area contributed by atoms with Gasteiger partial charge in [-0.25, -0.2) is 5.84 Å². The Bertz CT molecular complexity index is 419. The first-order valence-corrected chi connectivity index (χ1v) is 8.28. The lowest BCUT2D eigenvalue weighted by atomic mass is 10.1. The molecule has 1 aliphatic heterocycles. The Hall–Kier alpha value is -1.08. The van der Waals surface area contributed by atoms with Gasteiger partial charge in [-0.2, -0.15) is 15.0 Å². The lowest BCUT2D eigenvalue weighted by Crippen LogP contribution is -2.31. The molecule has 20 heavy (non-hydrogen) atoms. The van der Waals surface area contributed by atoms with Crippen LogP contribution in [0.4, 0.5) is 11.9 Å². The molecule has 0 atom stereocenters. The summed E-state index contributed by atoms with van der Waals surface area (Å²) >= 11 is 1.67. The maximum Gasteiger partial charge on any atom is 0.242 e. The van der Waals surface area contributed by atoms with Gasteiger partial charge in [-0.15, -0.1) is 0 Å². The topological polar surface area (TPSA) is 80.0 Å². The Morgan fingerprint density at radius 3 is 2.60 bits per heavy atom. The number of nitrogen functional groups attached to an aromatic ring is 1. The predicted octanol–water partition coefficient (Wildman–Crippen LogP) is 2.29. The maximum atomic E-state index is 5.46. The molecule has 2 heterocycles. The molecule has 1 aromatic rings. The number of nitrogens with zero attached hydrogens (tertiary/aromatic N) is 4. The summed E-state index contributed by atoms with van der Waals surface area (Å²) in [5, 5.41) is 0.758. The fourth-order valence-corrected chi connectivity index (χ4v) is 3.17. The Balaban J connectivity index is 2.06. The highest BCUT2D eigenvalue weighted by Crippen LogP contribution is 2.22. The monoisotopic (exact) mass is 296 g/mol. The number of hydrogen-bond acceptors (Lipinski definition) is 7. The lowest BCUT2D eigenvalue weighted by Gasteiger charge is -2.26. The van der Waals surface area contributed by atoms with E-state index in [1.54, 1.807) is 11.8 Å². The molecular formula is C13H24N6S. The number of anilines is 2. The summed E-state index contributed by atoms with van der Waals surface area (Å²) in [6, 6.07) is 0. The van der Waals surface area contributed by atoms with E-state index in [4.69, 9.17) is 5.84 Å². The summed E-state index contributed by atoms with van der Waals surface area (Å²) in [6.45, 7) is 6.48. The molecule has 2 rings (SSSR count). The smallest absolute Gasteiger partial charge is 0.242 e. The van der Waals surface area contributed by atoms with E-state index >= 15 is 0 Å². The largest absolute Gasteiger partial charge is 0.341 e. The number of piperidine rings is 1. The van der Waals surface area contributed by atoms with Crippen molar-refractivity contribution in [1.82, 2.24) is 15.0 Å². The quantitative estimate of drug-likeness (QED) is 0.473. The molecule has 0 amide bonds. The second kappa shape index (κ2) is 7.64. The summed E-state index contributed by atoms with van der Waals surface area (Å²) in [6.07, 6.45) is 4.85. The van der Waals surface area contributed by atoms with Gasteiger partial charge in [0.2, 0.25) is 11.9 Å². The fraction of sp³-hybridized carbons (Fsp3) is 0.769. The Morgan fingerprint density at radius 1 is 1.20 bits per heavy atom. The van der Waals surface area contributed by atoms with Gasteiger partial charge in [0.05, 0.1) is 0 Å². The molecule has 1 aliphatic rings. The van der Waals surface area contributed by atoms with Gasteiger partial charge in [-0.05, 0) is 31.6 Å². The van der Waals surface area contributed by atoms with Crippen LogP contribution >= 0.6 is 11.8 Å². The van der Waals surface area contributed by atoms with E-state index in [0.29, 0.717) is 11.9 Å². The maximum absolute atomic E-state index is 5.46. The third-order valence-corrected chi connectivity index (χ3v) is 4.18. The van der Waals surface area contributed by atoms with E-state index in [1.807, 2.05) is 0 Å². The van der Waals surface area contributed by atoms with Crippen molar-refractivity contribution >= 4 is 23.7 Å². The fourth-order valence-electron chi connectivity index (χ4n) is 2.10. The zero-order valence-corrected chi connectivity index (χ0v) is 13.1. The zero-order valence-electron chi connectivity index (χ0n) is 12.3. The van der Waals surface area contributed by atoms with Crippen LogP contribution in [0.5, 0.6) is 0 Å². The highest BCUT2D eigenvalue weighted by Gasteiger charge is 2.16. The second-order valence-corrected chi connectivity index (χ2v) is 6.53. The molecule has 0 aliphatic carbocycles. The highest BCUT2D eigenvalue weighted by molar-refractivity contribution is 7.99. The molecule has 1 aromatic heterocycles. The number of hydrogen-bond donors (Lipinski definition) is 2. The van der Waals surface area contributed by atoms with Gasteiger partial charge < -0.3 is 4.90 Å². The van der Waals surface area contributed by atoms with E-state index in [9.17, 15) is 0 Å². The van der Waals surface area contributed by atoms with Crippen LogP contribution in [0.1, 0.15) is 39.5 Å². The number of nitrogens with two attached hydrogens (primary N) is 1. The predicted molar refractivity (Wildman–Crippen MR) is 83.9 cm³/mol. The van der Waals surface area contributed by atoms with Crippen LogP contribution in [0.3, 0.4) is 0 Å². The van der Waals surface area contributed by atoms with Crippen LogP contribution in [0.25, 0.3) is 0 Å². The van der Waals surface area contributed by atoms with E-state index < -0.39 is 0 Å². The van der Waals surface area contributed by atoms with E-state index in [0.717, 1.165) is 36.4 Å². The molecule has 0 unspecified atom stereocenters. The molecule has 6 nitrogen and oxygen atoms in total. The minimum absolute atomic E-state index is 0.452. The molecule has 1 saturated heterocycles. The Kier molecular flexibility index (Phi) is 5.85. The number of nitrogens with one attached hydrogen (secondary N) is 1. The average molecular weight is 296 g/mol. The van der Waals surface area contributed by atoms with Crippen molar-refractivity contribution in [1.29, 1.82) is 0 Å². The third kappa shape index (κ3) is 4.49. The van der Waals surface area contributed by atoms with Crippen molar-refractivity contribution in [2.24, 2.45) is 11.8 Å². The van der Waals surface area contributed by atoms with E-state index in [1.165, 1.54) is 19.3 Å². The van der Waals surface area contributed by atoms with Crippen LogP contribution in [-0.4, -0.2) is 33.8 Å². The van der Waals surface area contributed by atoms with Gasteiger partial charge in [-0.1, -0.05) is 25.6 Å². The van der Waals surface area contributed by atoms with Crippen molar-refractivity contribution in [3.8, 4) is 0 Å². The third-order valence-electron chi connectivity index (χ3n) is 3.30. The van der Waals surface area contributed by atoms with Crippen LogP contribution < -0.4 is 16.2 Å². The van der Waals surface area contributed by atoms with Crippen molar-refractivity contribution in [2.75, 3.05) is 29.2 Å². The molecule has 3 N–H and O–H groups in total. The molecule has 112 valence electrons. The van der Waals surface area contributed by atoms with Crippen LogP contribution in [-0.2, 0) is 0 Å². The average Bonchev–Trinajstić information content (AvgIpc) is 2.47. The van der Waals surface area contributed by atoms with Gasteiger partial charge in [0.25, 0.3) is 0 Å². The molecule has 0 radical (unpaired) electrons. The van der Waals surface area contributed by atoms with Gasteiger partial charge in [0, 0.05) is 18.8 Å². The normalized spacial score (nSPS) is 15.7. The first-order chi connectivity index (χ1) is 9.69. The van der Waals surface area contributed by atoms with Gasteiger partial charge >= 0.3 is 0 Å². The summed E-state index contributed by atoms with van der Waals surface area (Å²) in [5.74, 6) is 8.38. The highest BCUT2D eigenvalue weighted by atomic mass is 32.2. The van der Waals surface area contributed by atoms with Crippen LogP contribution in [0, 0.1) is 5.92 Å². The summed E-state index contributed by atoms with van der Waals surface area (Å²) < 4.78 is 0. The molecule has 0 bridgehead atoms. The summed E-state index contributed by atoms with van der Waals surface area (Å²) in [4.78, 5) is 15.5. The van der Waals surface area contributed by atoms with Gasteiger partial charge in [0.15, 0.2) is 5.16 Å². The first kappa shape index (κ1) is 15.3. The van der Waals surface area contributed by atoms with Gasteiger partial charge in [-0.3, -0.25) is 5.43 Å². The molecule has 7 heteroatoms. The van der Waals surface area contributed by atoms with E-state index in [2.05, 4.69) is 39.1 Å². The number of hydrazine groups is 1. The number of aromatic nitrogens is 3. The Labute approximate surface area is 124 Å². The van der Waals surface area contributed by atoms with Gasteiger partial charge in [0.1, 0.15) is 0 Å². The molecule has 0 aromatic carbocycles. The van der Waals surface area contributed by atoms with Crippen molar-refractivity contribution in [2.45, 2.75) is 44.7 Å². The van der Waals surface area contributed by atoms with Crippen molar-refractivity contribution in [3.05, 3.63) is 0 Å². The van der Waals surface area contributed by atoms with E-state index in [-0.39, 0.29) is 0 Å². The zero-order chi connectivity index (χ0) is 14.4. The molecular weight excluding hydrogens is 272 g/mol. The first-order valence-electron chi connectivity index (χ1n) is 7.29. The summed E-state index contributed by atoms with van der Waals surface area (Å²) in [5.41, 5.74) is 2.54. The summed E-state index contributed by atoms with van der Waals surface area (Å²) in [7, 11) is 0. The molecule has 0 saturated carbocycles. The van der Waals surface area contributed by atoms with Crippen LogP contribution in [0.15, 0.2) is 5.16 Å². The number of rotatable bonds is 6.